The third-order valence-corrected chi connectivity index (χ3v) is 7.36. The molecule has 2 aromatic rings. The monoisotopic (exact) mass is 536 g/mol. The van der Waals surface area contributed by atoms with Crippen LogP contribution in [0.25, 0.3) is 0 Å². The molecule has 8 nitrogen and oxygen atoms in total. The Morgan fingerprint density at radius 1 is 1.03 bits per heavy atom. The maximum atomic E-state index is 13.6. The minimum absolute atomic E-state index is 0.103. The highest BCUT2D eigenvalue weighted by Gasteiger charge is 2.35. The van der Waals surface area contributed by atoms with Crippen LogP contribution in [0.5, 0.6) is 0 Å². The first kappa shape index (κ1) is 30.3. The molecule has 212 valence electrons. The van der Waals surface area contributed by atoms with Crippen molar-refractivity contribution < 1.29 is 19.6 Å². The lowest BCUT2D eigenvalue weighted by Gasteiger charge is -2.36. The summed E-state index contributed by atoms with van der Waals surface area (Å²) < 4.78 is 0. The van der Waals surface area contributed by atoms with Crippen molar-refractivity contribution in [3.05, 3.63) is 65.7 Å². The van der Waals surface area contributed by atoms with Crippen molar-refractivity contribution in [1.29, 1.82) is 0 Å². The molecule has 1 fully saturated rings. The normalized spacial score (nSPS) is 15.9. The Morgan fingerprint density at radius 3 is 2.23 bits per heavy atom. The Balaban J connectivity index is 1.64. The lowest BCUT2D eigenvalue weighted by Crippen LogP contribution is -2.52. The van der Waals surface area contributed by atoms with E-state index < -0.39 is 17.4 Å². The van der Waals surface area contributed by atoms with Gasteiger partial charge in [-0.25, -0.2) is 5.06 Å². The molecule has 0 bridgehead atoms. The first-order valence-electron chi connectivity index (χ1n) is 14.0. The number of rotatable bonds is 13. The molecule has 39 heavy (non-hydrogen) atoms. The number of ketones is 1. The number of amides is 2. The van der Waals surface area contributed by atoms with E-state index in [0.29, 0.717) is 23.5 Å². The predicted molar refractivity (Wildman–Crippen MR) is 154 cm³/mol. The Labute approximate surface area is 232 Å². The molecule has 0 aliphatic carbocycles. The molecular weight excluding hydrogens is 492 g/mol. The highest BCUT2D eigenvalue weighted by Crippen LogP contribution is 2.26. The zero-order valence-corrected chi connectivity index (χ0v) is 23.8. The van der Waals surface area contributed by atoms with Crippen LogP contribution in [0, 0.1) is 11.3 Å². The van der Waals surface area contributed by atoms with E-state index in [-0.39, 0.29) is 18.2 Å². The maximum absolute atomic E-state index is 13.6. The molecule has 2 aromatic carbocycles. The van der Waals surface area contributed by atoms with Gasteiger partial charge in [0.15, 0.2) is 5.78 Å². The highest BCUT2D eigenvalue weighted by atomic mass is 16.5. The van der Waals surface area contributed by atoms with E-state index in [1.54, 1.807) is 0 Å². The molecule has 0 spiro atoms. The number of Topliss-reactive ketones (excluding diaryl/α,β-unsaturated/α-hetero) is 1. The van der Waals surface area contributed by atoms with Crippen molar-refractivity contribution in [2.45, 2.75) is 59.5 Å². The second kappa shape index (κ2) is 14.2. The number of hydrogen-bond donors (Lipinski definition) is 2. The van der Waals surface area contributed by atoms with Gasteiger partial charge in [0, 0.05) is 44.0 Å². The van der Waals surface area contributed by atoms with Gasteiger partial charge in [-0.3, -0.25) is 24.5 Å². The highest BCUT2D eigenvalue weighted by molar-refractivity contribution is 6.02. The van der Waals surface area contributed by atoms with Gasteiger partial charge in [0.1, 0.15) is 0 Å². The van der Waals surface area contributed by atoms with Crippen LogP contribution in [0.15, 0.2) is 54.6 Å². The van der Waals surface area contributed by atoms with Crippen LogP contribution in [0.2, 0.25) is 0 Å². The zero-order chi connectivity index (χ0) is 28.4. The lowest BCUT2D eigenvalue weighted by molar-refractivity contribution is -0.154. The van der Waals surface area contributed by atoms with E-state index >= 15 is 0 Å². The summed E-state index contributed by atoms with van der Waals surface area (Å²) in [4.78, 5) is 42.5. The van der Waals surface area contributed by atoms with Crippen molar-refractivity contribution in [2.24, 2.45) is 11.3 Å². The lowest BCUT2D eigenvalue weighted by atomic mass is 9.81. The van der Waals surface area contributed by atoms with Gasteiger partial charge in [0.2, 0.25) is 12.3 Å². The standard InChI is InChI=1S/C31H44N4O4/c1-5-6-12-26(22-35(39)23-36)30(38)32-29(31(2,3)4)28(37)25-13-15-27(16-14-25)34-19-17-33(18-20-34)21-24-10-8-7-9-11-24/h7-11,13-16,23,26,29,39H,5-6,12,17-22H2,1-4H3,(H,32,38)/t26-,29-/m1/s1. The van der Waals surface area contributed by atoms with Gasteiger partial charge in [-0.2, -0.15) is 0 Å². The minimum atomic E-state index is -0.745. The molecule has 1 heterocycles. The van der Waals surface area contributed by atoms with E-state index in [4.69, 9.17) is 0 Å². The van der Waals surface area contributed by atoms with Crippen LogP contribution < -0.4 is 10.2 Å². The number of benzene rings is 2. The smallest absolute Gasteiger partial charge is 0.233 e. The number of carbonyl (C=O) groups excluding carboxylic acids is 3. The average Bonchev–Trinajstić information content (AvgIpc) is 2.93. The Hall–Kier alpha value is -3.23. The van der Waals surface area contributed by atoms with Crippen LogP contribution >= 0.6 is 0 Å². The molecule has 0 radical (unpaired) electrons. The Bertz CT molecular complexity index is 1060. The van der Waals surface area contributed by atoms with Gasteiger partial charge < -0.3 is 10.2 Å². The number of piperazine rings is 1. The van der Waals surface area contributed by atoms with E-state index in [1.807, 2.05) is 58.0 Å². The van der Waals surface area contributed by atoms with E-state index in [2.05, 4.69) is 39.4 Å². The molecule has 2 amide bonds. The number of nitrogens with one attached hydrogen (secondary N) is 1. The van der Waals surface area contributed by atoms with Crippen molar-refractivity contribution in [2.75, 3.05) is 37.6 Å². The van der Waals surface area contributed by atoms with Gasteiger partial charge in [-0.1, -0.05) is 70.9 Å². The fourth-order valence-corrected chi connectivity index (χ4v) is 4.97. The molecule has 0 aromatic heterocycles. The largest absolute Gasteiger partial charge is 0.369 e. The third-order valence-electron chi connectivity index (χ3n) is 7.36. The summed E-state index contributed by atoms with van der Waals surface area (Å²) >= 11 is 0. The van der Waals surface area contributed by atoms with Crippen molar-refractivity contribution in [1.82, 2.24) is 15.3 Å². The molecule has 1 aliphatic heterocycles. The number of nitrogens with zero attached hydrogens (tertiary/aromatic N) is 3. The first-order chi connectivity index (χ1) is 18.6. The van der Waals surface area contributed by atoms with Gasteiger partial charge in [0.05, 0.1) is 18.5 Å². The fraction of sp³-hybridized carbons (Fsp3) is 0.516. The van der Waals surface area contributed by atoms with Gasteiger partial charge in [-0.05, 0) is 41.7 Å². The average molecular weight is 537 g/mol. The van der Waals surface area contributed by atoms with Crippen LogP contribution in [-0.4, -0.2) is 72.0 Å². The van der Waals surface area contributed by atoms with E-state index in [1.165, 1.54) is 5.56 Å². The molecule has 1 aliphatic rings. The van der Waals surface area contributed by atoms with Gasteiger partial charge in [0.25, 0.3) is 0 Å². The maximum Gasteiger partial charge on any atom is 0.233 e. The number of hydrogen-bond acceptors (Lipinski definition) is 6. The third kappa shape index (κ3) is 8.90. The summed E-state index contributed by atoms with van der Waals surface area (Å²) in [7, 11) is 0. The SMILES string of the molecule is CCCC[C@H](CN(O)C=O)C(=O)N[C@H](C(=O)c1ccc(N2CCN(Cc3ccccc3)CC2)cc1)C(C)(C)C. The van der Waals surface area contributed by atoms with Crippen LogP contribution in [0.4, 0.5) is 5.69 Å². The quantitative estimate of drug-likeness (QED) is 0.171. The molecule has 3 rings (SSSR count). The summed E-state index contributed by atoms with van der Waals surface area (Å²) in [5.74, 6) is -1.08. The predicted octanol–water partition coefficient (Wildman–Crippen LogP) is 4.38. The molecule has 8 heteroatoms. The Morgan fingerprint density at radius 2 is 1.67 bits per heavy atom. The second-order valence-electron chi connectivity index (χ2n) is 11.5. The van der Waals surface area contributed by atoms with Crippen LogP contribution in [-0.2, 0) is 16.1 Å². The van der Waals surface area contributed by atoms with Crippen molar-refractivity contribution >= 4 is 23.8 Å². The summed E-state index contributed by atoms with van der Waals surface area (Å²) in [6, 6.07) is 17.4. The number of carbonyl (C=O) groups is 3. The Kier molecular flexibility index (Phi) is 11.1. The molecule has 1 saturated heterocycles. The van der Waals surface area contributed by atoms with E-state index in [0.717, 1.165) is 51.3 Å². The van der Waals surface area contributed by atoms with Crippen LogP contribution in [0.1, 0.15) is 62.9 Å². The molecule has 0 unspecified atom stereocenters. The second-order valence-corrected chi connectivity index (χ2v) is 11.5. The van der Waals surface area contributed by atoms with Crippen molar-refractivity contribution in [3.63, 3.8) is 0 Å². The molecular formula is C31H44N4O4. The summed E-state index contributed by atoms with van der Waals surface area (Å²) in [5.41, 5.74) is 2.42. The van der Waals surface area contributed by atoms with Crippen LogP contribution in [0.3, 0.4) is 0 Å². The minimum Gasteiger partial charge on any atom is -0.369 e. The number of anilines is 1. The topological polar surface area (TPSA) is 93.2 Å². The van der Waals surface area contributed by atoms with E-state index in [9.17, 15) is 19.6 Å². The number of unbranched alkanes of at least 4 members (excludes halogenated alkanes) is 1. The number of hydroxylamine groups is 2. The first-order valence-corrected chi connectivity index (χ1v) is 14.0. The zero-order valence-electron chi connectivity index (χ0n) is 23.8. The van der Waals surface area contributed by atoms with Gasteiger partial charge >= 0.3 is 0 Å². The summed E-state index contributed by atoms with van der Waals surface area (Å²) in [5, 5.41) is 13.1. The molecule has 0 saturated carbocycles. The summed E-state index contributed by atoms with van der Waals surface area (Å²) in [6.45, 7) is 12.4. The van der Waals surface area contributed by atoms with Gasteiger partial charge in [-0.15, -0.1) is 0 Å². The molecule has 2 N–H and O–H groups in total. The van der Waals surface area contributed by atoms with Crippen molar-refractivity contribution in [3.8, 4) is 0 Å². The summed E-state index contributed by atoms with van der Waals surface area (Å²) in [6.07, 6.45) is 2.47. The molecule has 2 atom stereocenters. The fourth-order valence-electron chi connectivity index (χ4n) is 4.97.